The number of hydrogen-bond acceptors (Lipinski definition) is 4. The summed E-state index contributed by atoms with van der Waals surface area (Å²) in [6.07, 6.45) is 0.707. The monoisotopic (exact) mass is 357 g/mol. The third-order valence-corrected chi connectivity index (χ3v) is 4.74. The van der Waals surface area contributed by atoms with E-state index in [4.69, 9.17) is 4.74 Å². The van der Waals surface area contributed by atoms with E-state index in [0.717, 1.165) is 22.7 Å². The van der Waals surface area contributed by atoms with E-state index in [2.05, 4.69) is 4.98 Å². The second-order valence-electron chi connectivity index (χ2n) is 5.46. The first-order valence-corrected chi connectivity index (χ1v) is 8.72. The van der Waals surface area contributed by atoms with Gasteiger partial charge in [-0.05, 0) is 25.1 Å². The van der Waals surface area contributed by atoms with E-state index in [1.54, 1.807) is 24.4 Å². The quantitative estimate of drug-likeness (QED) is 0.408. The fourth-order valence-electron chi connectivity index (χ4n) is 2.48. The van der Waals surface area contributed by atoms with Gasteiger partial charge in [0.2, 0.25) is 5.78 Å². The van der Waals surface area contributed by atoms with Crippen LogP contribution >= 0.6 is 11.8 Å². The molecule has 1 atom stereocenters. The minimum Gasteiger partial charge on any atom is -0.454 e. The molecular weight excluding hydrogens is 341 g/mol. The summed E-state index contributed by atoms with van der Waals surface area (Å²) in [7, 11) is 0. The number of aromatic nitrogens is 1. The van der Waals surface area contributed by atoms with E-state index in [-0.39, 0.29) is 17.4 Å². The van der Waals surface area contributed by atoms with Gasteiger partial charge >= 0.3 is 5.97 Å². The molecule has 0 bridgehead atoms. The first-order chi connectivity index (χ1) is 12.1. The molecule has 25 heavy (non-hydrogen) atoms. The van der Waals surface area contributed by atoms with Gasteiger partial charge in [-0.2, -0.15) is 0 Å². The van der Waals surface area contributed by atoms with Gasteiger partial charge in [-0.3, -0.25) is 9.59 Å². The van der Waals surface area contributed by atoms with Crippen LogP contribution in [0.3, 0.4) is 0 Å². The van der Waals surface area contributed by atoms with Gasteiger partial charge in [-0.1, -0.05) is 30.3 Å². The Kier molecular flexibility index (Phi) is 5.19. The Morgan fingerprint density at radius 1 is 1.16 bits per heavy atom. The zero-order valence-corrected chi connectivity index (χ0v) is 14.3. The smallest absolute Gasteiger partial charge is 0.316 e. The van der Waals surface area contributed by atoms with E-state index in [1.165, 1.54) is 13.0 Å². The predicted molar refractivity (Wildman–Crippen MR) is 95.3 cm³/mol. The van der Waals surface area contributed by atoms with E-state index < -0.39 is 12.1 Å². The standard InChI is InChI=1S/C19H16FNO3S/c1-12(19(23)14-10-21-16-8-4-2-6-13(14)16)24-18(22)11-25-17-9-5-3-7-15(17)20/h2-10,12,21H,11H2,1H3. The normalized spacial score (nSPS) is 12.1. The van der Waals surface area contributed by atoms with Gasteiger partial charge in [0, 0.05) is 27.6 Å². The van der Waals surface area contributed by atoms with Crippen molar-refractivity contribution >= 4 is 34.4 Å². The Labute approximate surface area is 148 Å². The summed E-state index contributed by atoms with van der Waals surface area (Å²) in [5.41, 5.74) is 1.33. The third-order valence-electron chi connectivity index (χ3n) is 3.71. The molecule has 0 saturated heterocycles. The minimum atomic E-state index is -0.909. The van der Waals surface area contributed by atoms with Crippen LogP contribution in [0.1, 0.15) is 17.3 Å². The van der Waals surface area contributed by atoms with Crippen molar-refractivity contribution < 1.29 is 18.7 Å². The number of nitrogens with one attached hydrogen (secondary N) is 1. The van der Waals surface area contributed by atoms with Crippen molar-refractivity contribution in [3.05, 3.63) is 66.1 Å². The van der Waals surface area contributed by atoms with Crippen molar-refractivity contribution in [1.82, 2.24) is 4.98 Å². The average molecular weight is 357 g/mol. The molecule has 1 aromatic heterocycles. The largest absolute Gasteiger partial charge is 0.454 e. The Morgan fingerprint density at radius 2 is 1.88 bits per heavy atom. The number of thioether (sulfide) groups is 1. The highest BCUT2D eigenvalue weighted by Crippen LogP contribution is 2.22. The summed E-state index contributed by atoms with van der Waals surface area (Å²) < 4.78 is 18.7. The topological polar surface area (TPSA) is 59.2 Å². The molecule has 0 spiro atoms. The van der Waals surface area contributed by atoms with Crippen LogP contribution in [0.2, 0.25) is 0 Å². The van der Waals surface area contributed by atoms with Crippen molar-refractivity contribution in [2.75, 3.05) is 5.75 Å². The number of ether oxygens (including phenoxy) is 1. The number of para-hydroxylation sites is 1. The maximum atomic E-state index is 13.5. The highest BCUT2D eigenvalue weighted by molar-refractivity contribution is 8.00. The predicted octanol–water partition coefficient (Wildman–Crippen LogP) is 4.21. The highest BCUT2D eigenvalue weighted by atomic mass is 32.2. The molecule has 0 radical (unpaired) electrons. The summed E-state index contributed by atoms with van der Waals surface area (Å²) in [6.45, 7) is 1.54. The molecular formula is C19H16FNO3S. The van der Waals surface area contributed by atoms with Crippen LogP contribution in [-0.4, -0.2) is 28.6 Å². The lowest BCUT2D eigenvalue weighted by Crippen LogP contribution is -2.25. The van der Waals surface area contributed by atoms with Crippen LogP contribution < -0.4 is 0 Å². The second kappa shape index (κ2) is 7.53. The minimum absolute atomic E-state index is 0.0631. The van der Waals surface area contributed by atoms with Gasteiger partial charge in [0.15, 0.2) is 6.10 Å². The van der Waals surface area contributed by atoms with E-state index in [1.807, 2.05) is 24.3 Å². The van der Waals surface area contributed by atoms with Crippen LogP contribution in [-0.2, 0) is 9.53 Å². The number of aromatic amines is 1. The maximum Gasteiger partial charge on any atom is 0.316 e. The van der Waals surface area contributed by atoms with E-state index in [0.29, 0.717) is 10.5 Å². The van der Waals surface area contributed by atoms with Gasteiger partial charge in [-0.15, -0.1) is 11.8 Å². The van der Waals surface area contributed by atoms with Crippen LogP contribution in [0, 0.1) is 5.82 Å². The molecule has 0 saturated carbocycles. The highest BCUT2D eigenvalue weighted by Gasteiger charge is 2.22. The molecule has 0 amide bonds. The molecule has 0 aliphatic rings. The summed E-state index contributed by atoms with van der Waals surface area (Å²) in [5, 5.41) is 0.788. The molecule has 4 nitrogen and oxygen atoms in total. The molecule has 3 aromatic rings. The van der Waals surface area contributed by atoms with Gasteiger partial charge in [0.1, 0.15) is 5.82 Å². The number of Topliss-reactive ketones (excluding diaryl/α,β-unsaturated/α-hetero) is 1. The molecule has 2 aromatic carbocycles. The Bertz CT molecular complexity index is 922. The number of ketones is 1. The number of halogens is 1. The lowest BCUT2D eigenvalue weighted by molar-refractivity contribution is -0.143. The van der Waals surface area contributed by atoms with Crippen molar-refractivity contribution in [2.45, 2.75) is 17.9 Å². The van der Waals surface area contributed by atoms with Crippen LogP contribution in [0.4, 0.5) is 4.39 Å². The number of fused-ring (bicyclic) bond motifs is 1. The summed E-state index contributed by atoms with van der Waals surface area (Å²) in [4.78, 5) is 27.9. The molecule has 1 unspecified atom stereocenters. The molecule has 1 N–H and O–H groups in total. The maximum absolute atomic E-state index is 13.5. The fraction of sp³-hybridized carbons (Fsp3) is 0.158. The van der Waals surface area contributed by atoms with Crippen molar-refractivity contribution in [2.24, 2.45) is 0 Å². The fourth-order valence-corrected chi connectivity index (χ4v) is 3.20. The zero-order valence-electron chi connectivity index (χ0n) is 13.5. The van der Waals surface area contributed by atoms with Crippen molar-refractivity contribution in [3.63, 3.8) is 0 Å². The van der Waals surface area contributed by atoms with Gasteiger partial charge in [0.05, 0.1) is 5.75 Å². The Hall–Kier alpha value is -2.60. The van der Waals surface area contributed by atoms with Gasteiger partial charge in [0.25, 0.3) is 0 Å². The first kappa shape index (κ1) is 17.2. The van der Waals surface area contributed by atoms with E-state index in [9.17, 15) is 14.0 Å². The first-order valence-electron chi connectivity index (χ1n) is 7.73. The molecule has 128 valence electrons. The van der Waals surface area contributed by atoms with E-state index >= 15 is 0 Å². The van der Waals surface area contributed by atoms with Crippen LogP contribution in [0.25, 0.3) is 10.9 Å². The second-order valence-corrected chi connectivity index (χ2v) is 6.48. The Morgan fingerprint density at radius 3 is 2.68 bits per heavy atom. The number of H-pyrrole nitrogens is 1. The Balaban J connectivity index is 1.61. The number of hydrogen-bond donors (Lipinski definition) is 1. The number of carbonyl (C=O) groups excluding carboxylic acids is 2. The summed E-state index contributed by atoms with van der Waals surface area (Å²) in [6, 6.07) is 13.6. The SMILES string of the molecule is CC(OC(=O)CSc1ccccc1F)C(=O)c1c[nH]c2ccccc12. The molecule has 3 rings (SSSR count). The zero-order chi connectivity index (χ0) is 17.8. The molecule has 6 heteroatoms. The average Bonchev–Trinajstić information content (AvgIpc) is 3.04. The number of benzene rings is 2. The number of rotatable bonds is 6. The van der Waals surface area contributed by atoms with Crippen LogP contribution in [0.15, 0.2) is 59.6 Å². The third kappa shape index (κ3) is 3.91. The lowest BCUT2D eigenvalue weighted by Gasteiger charge is -2.12. The lowest BCUT2D eigenvalue weighted by atomic mass is 10.1. The summed E-state index contributed by atoms with van der Waals surface area (Å²) in [5.74, 6) is -1.29. The van der Waals surface area contributed by atoms with Gasteiger partial charge < -0.3 is 9.72 Å². The molecule has 1 heterocycles. The molecule has 0 aliphatic heterocycles. The van der Waals surface area contributed by atoms with Gasteiger partial charge in [-0.25, -0.2) is 4.39 Å². The number of esters is 1. The molecule has 0 aliphatic carbocycles. The van der Waals surface area contributed by atoms with Crippen molar-refractivity contribution in [3.8, 4) is 0 Å². The van der Waals surface area contributed by atoms with Crippen molar-refractivity contribution in [1.29, 1.82) is 0 Å². The molecule has 0 fully saturated rings. The number of carbonyl (C=O) groups is 2. The summed E-state index contributed by atoms with van der Waals surface area (Å²) >= 11 is 1.04. The van der Waals surface area contributed by atoms with Crippen LogP contribution in [0.5, 0.6) is 0 Å².